The average Bonchev–Trinajstić information content (AvgIpc) is 2.61. The van der Waals surface area contributed by atoms with Crippen LogP contribution in [0.4, 0.5) is 11.4 Å². The zero-order chi connectivity index (χ0) is 20.0. The van der Waals surface area contributed by atoms with E-state index in [9.17, 15) is 8.42 Å². The molecule has 2 aromatic rings. The summed E-state index contributed by atoms with van der Waals surface area (Å²) < 4.78 is 33.5. The molecule has 0 saturated heterocycles. The standard InChI is InChI=1S/C20H29N3O3S/c1-15-13-19(26-5)20(14-16(15)2)27(24,25)22-18-9-7-17(8-10-18)21-11-6-12-23(3)4/h7-10,13-14,21-22H,6,11-12H2,1-5H3. The number of aryl methyl sites for hydroxylation is 2. The van der Waals surface area contributed by atoms with Gasteiger partial charge >= 0.3 is 0 Å². The normalized spacial score (nSPS) is 11.5. The van der Waals surface area contributed by atoms with Crippen molar-refractivity contribution in [2.45, 2.75) is 25.2 Å². The van der Waals surface area contributed by atoms with Crippen LogP contribution in [0, 0.1) is 13.8 Å². The Morgan fingerprint density at radius 2 is 1.59 bits per heavy atom. The molecule has 6 nitrogen and oxygen atoms in total. The third-order valence-electron chi connectivity index (χ3n) is 4.32. The molecule has 0 spiro atoms. The van der Waals surface area contributed by atoms with Gasteiger partial charge in [-0.2, -0.15) is 0 Å². The minimum atomic E-state index is -3.74. The first-order valence-corrected chi connectivity index (χ1v) is 10.4. The van der Waals surface area contributed by atoms with Crippen molar-refractivity contribution in [3.8, 4) is 5.75 Å². The van der Waals surface area contributed by atoms with E-state index in [1.54, 1.807) is 24.3 Å². The molecule has 0 aromatic heterocycles. The lowest BCUT2D eigenvalue weighted by atomic mass is 10.1. The van der Waals surface area contributed by atoms with Crippen LogP contribution in [-0.2, 0) is 10.0 Å². The SMILES string of the molecule is COc1cc(C)c(C)cc1S(=O)(=O)Nc1ccc(NCCCN(C)C)cc1. The molecule has 148 valence electrons. The average molecular weight is 392 g/mol. The summed E-state index contributed by atoms with van der Waals surface area (Å²) in [6, 6.07) is 10.6. The maximum atomic E-state index is 12.8. The third kappa shape index (κ3) is 5.87. The predicted octanol–water partition coefficient (Wildman–Crippen LogP) is 3.48. The van der Waals surface area contributed by atoms with E-state index in [2.05, 4.69) is 14.9 Å². The zero-order valence-corrected chi connectivity index (χ0v) is 17.5. The Morgan fingerprint density at radius 1 is 1.00 bits per heavy atom. The fourth-order valence-corrected chi connectivity index (χ4v) is 3.92. The van der Waals surface area contributed by atoms with Crippen molar-refractivity contribution in [1.29, 1.82) is 0 Å². The molecular weight excluding hydrogens is 362 g/mol. The van der Waals surface area contributed by atoms with E-state index in [-0.39, 0.29) is 4.90 Å². The minimum absolute atomic E-state index is 0.138. The summed E-state index contributed by atoms with van der Waals surface area (Å²) in [7, 11) is 1.83. The Hall–Kier alpha value is -2.25. The molecule has 0 heterocycles. The summed E-state index contributed by atoms with van der Waals surface area (Å²) in [5, 5.41) is 3.33. The highest BCUT2D eigenvalue weighted by Gasteiger charge is 2.20. The van der Waals surface area contributed by atoms with E-state index in [1.807, 2.05) is 40.1 Å². The molecule has 0 saturated carbocycles. The van der Waals surface area contributed by atoms with Gasteiger partial charge in [0.05, 0.1) is 7.11 Å². The Kier molecular flexibility index (Phi) is 7.10. The summed E-state index contributed by atoms with van der Waals surface area (Å²) in [4.78, 5) is 2.28. The van der Waals surface area contributed by atoms with E-state index < -0.39 is 10.0 Å². The quantitative estimate of drug-likeness (QED) is 0.641. The number of anilines is 2. The molecule has 0 aliphatic rings. The van der Waals surface area contributed by atoms with E-state index in [0.29, 0.717) is 11.4 Å². The fourth-order valence-electron chi connectivity index (χ4n) is 2.63. The van der Waals surface area contributed by atoms with Crippen molar-refractivity contribution in [2.75, 3.05) is 44.3 Å². The highest BCUT2D eigenvalue weighted by Crippen LogP contribution is 2.29. The molecule has 2 N–H and O–H groups in total. The van der Waals surface area contributed by atoms with Crippen LogP contribution in [0.3, 0.4) is 0 Å². The smallest absolute Gasteiger partial charge is 0.265 e. The molecular formula is C20H29N3O3S. The summed E-state index contributed by atoms with van der Waals surface area (Å²) in [6.07, 6.45) is 1.04. The summed E-state index contributed by atoms with van der Waals surface area (Å²) >= 11 is 0. The predicted molar refractivity (Wildman–Crippen MR) is 111 cm³/mol. The summed E-state index contributed by atoms with van der Waals surface area (Å²) in [6.45, 7) is 5.68. The van der Waals surface area contributed by atoms with Gasteiger partial charge in [-0.25, -0.2) is 8.42 Å². The largest absolute Gasteiger partial charge is 0.495 e. The highest BCUT2D eigenvalue weighted by atomic mass is 32.2. The van der Waals surface area contributed by atoms with E-state index in [0.717, 1.165) is 36.3 Å². The van der Waals surface area contributed by atoms with Crippen molar-refractivity contribution in [1.82, 2.24) is 4.90 Å². The molecule has 7 heteroatoms. The van der Waals surface area contributed by atoms with Crippen LogP contribution in [0.2, 0.25) is 0 Å². The number of sulfonamides is 1. The highest BCUT2D eigenvalue weighted by molar-refractivity contribution is 7.92. The van der Waals surface area contributed by atoms with Crippen molar-refractivity contribution in [3.05, 3.63) is 47.5 Å². The van der Waals surface area contributed by atoms with Crippen LogP contribution >= 0.6 is 0 Å². The van der Waals surface area contributed by atoms with Gasteiger partial charge in [0.25, 0.3) is 10.0 Å². The van der Waals surface area contributed by atoms with Crippen LogP contribution in [0.25, 0.3) is 0 Å². The second kappa shape index (κ2) is 9.10. The molecule has 27 heavy (non-hydrogen) atoms. The summed E-state index contributed by atoms with van der Waals surface area (Å²) in [5.74, 6) is 0.338. The lowest BCUT2D eigenvalue weighted by molar-refractivity contribution is 0.402. The first-order valence-electron chi connectivity index (χ1n) is 8.89. The van der Waals surface area contributed by atoms with Gasteiger partial charge in [-0.1, -0.05) is 0 Å². The number of rotatable bonds is 9. The van der Waals surface area contributed by atoms with Crippen LogP contribution < -0.4 is 14.8 Å². The van der Waals surface area contributed by atoms with Gasteiger partial charge in [-0.15, -0.1) is 0 Å². The van der Waals surface area contributed by atoms with Crippen molar-refractivity contribution < 1.29 is 13.2 Å². The van der Waals surface area contributed by atoms with Crippen LogP contribution in [0.1, 0.15) is 17.5 Å². The zero-order valence-electron chi connectivity index (χ0n) is 16.7. The number of hydrogen-bond acceptors (Lipinski definition) is 5. The lowest BCUT2D eigenvalue weighted by Gasteiger charge is -2.14. The first kappa shape index (κ1) is 21.1. The Morgan fingerprint density at radius 3 is 2.19 bits per heavy atom. The van der Waals surface area contributed by atoms with E-state index in [1.165, 1.54) is 7.11 Å². The maximum absolute atomic E-state index is 12.8. The molecule has 0 aliphatic heterocycles. The number of nitrogens with one attached hydrogen (secondary N) is 2. The van der Waals surface area contributed by atoms with Crippen molar-refractivity contribution in [3.63, 3.8) is 0 Å². The van der Waals surface area contributed by atoms with Gasteiger partial charge in [0.2, 0.25) is 0 Å². The number of methoxy groups -OCH3 is 1. The molecule has 0 amide bonds. The van der Waals surface area contributed by atoms with Gasteiger partial charge in [0.1, 0.15) is 10.6 Å². The monoisotopic (exact) mass is 391 g/mol. The van der Waals surface area contributed by atoms with Gasteiger partial charge in [0.15, 0.2) is 0 Å². The number of benzene rings is 2. The van der Waals surface area contributed by atoms with E-state index >= 15 is 0 Å². The Bertz CT molecular complexity index is 863. The molecule has 0 bridgehead atoms. The number of hydrogen-bond donors (Lipinski definition) is 2. The molecule has 0 unspecified atom stereocenters. The van der Waals surface area contributed by atoms with Gasteiger partial charge in [-0.3, -0.25) is 4.72 Å². The van der Waals surface area contributed by atoms with Crippen LogP contribution in [-0.4, -0.2) is 47.6 Å². The lowest BCUT2D eigenvalue weighted by Crippen LogP contribution is -2.16. The molecule has 2 rings (SSSR count). The fraction of sp³-hybridized carbons (Fsp3) is 0.400. The third-order valence-corrected chi connectivity index (χ3v) is 5.72. The van der Waals surface area contributed by atoms with Crippen molar-refractivity contribution in [2.24, 2.45) is 0 Å². The molecule has 0 atom stereocenters. The molecule has 0 radical (unpaired) electrons. The molecule has 2 aromatic carbocycles. The van der Waals surface area contributed by atoms with Crippen LogP contribution in [0.5, 0.6) is 5.75 Å². The number of ether oxygens (including phenoxy) is 1. The van der Waals surface area contributed by atoms with Gasteiger partial charge < -0.3 is 15.0 Å². The Balaban J connectivity index is 2.09. The molecule has 0 aliphatic carbocycles. The van der Waals surface area contributed by atoms with Gasteiger partial charge in [-0.05, 0) is 88.4 Å². The summed E-state index contributed by atoms with van der Waals surface area (Å²) in [5.41, 5.74) is 3.35. The van der Waals surface area contributed by atoms with E-state index in [4.69, 9.17) is 4.74 Å². The second-order valence-corrected chi connectivity index (χ2v) is 8.50. The minimum Gasteiger partial charge on any atom is -0.495 e. The Labute approximate surface area is 162 Å². The first-order chi connectivity index (χ1) is 12.7. The topological polar surface area (TPSA) is 70.7 Å². The second-order valence-electron chi connectivity index (χ2n) is 6.85. The maximum Gasteiger partial charge on any atom is 0.265 e. The number of nitrogens with zero attached hydrogens (tertiary/aromatic N) is 1. The van der Waals surface area contributed by atoms with Gasteiger partial charge in [0, 0.05) is 17.9 Å². The van der Waals surface area contributed by atoms with Crippen LogP contribution in [0.15, 0.2) is 41.3 Å². The van der Waals surface area contributed by atoms with Crippen molar-refractivity contribution >= 4 is 21.4 Å². The molecule has 0 fully saturated rings.